The second-order valence-electron chi connectivity index (χ2n) is 6.82. The molecule has 2 heterocycles. The standard InChI is InChI=1S/C23H19N3O5/c1-30-23(29)19(12-15-8-4-2-5-9-15)31-22(28)18-13-20-24-17(14-21(27)26(20)25-18)16-10-6-3-7-11-16/h2-11,13-14,19,25H,12H2,1H3. The number of hydrogen-bond acceptors (Lipinski definition) is 6. The van der Waals surface area contributed by atoms with Crippen LogP contribution in [0, 0.1) is 0 Å². The molecule has 1 unspecified atom stereocenters. The number of methoxy groups -OCH3 is 1. The minimum absolute atomic E-state index is 0.00298. The van der Waals surface area contributed by atoms with Crippen LogP contribution in [0.15, 0.2) is 77.6 Å². The Morgan fingerprint density at radius 3 is 2.39 bits per heavy atom. The zero-order valence-corrected chi connectivity index (χ0v) is 16.6. The molecule has 0 bridgehead atoms. The smallest absolute Gasteiger partial charge is 0.357 e. The summed E-state index contributed by atoms with van der Waals surface area (Å²) in [6.45, 7) is 0. The van der Waals surface area contributed by atoms with Crippen LogP contribution in [0.4, 0.5) is 0 Å². The third-order valence-corrected chi connectivity index (χ3v) is 4.72. The van der Waals surface area contributed by atoms with Gasteiger partial charge in [0.05, 0.1) is 12.8 Å². The number of H-pyrrole nitrogens is 1. The number of aromatic amines is 1. The highest BCUT2D eigenvalue weighted by Gasteiger charge is 2.26. The number of hydrogen-bond donors (Lipinski definition) is 1. The van der Waals surface area contributed by atoms with Crippen LogP contribution < -0.4 is 5.56 Å². The highest BCUT2D eigenvalue weighted by atomic mass is 16.6. The number of rotatable bonds is 6. The van der Waals surface area contributed by atoms with Crippen molar-refractivity contribution in [3.8, 4) is 11.3 Å². The summed E-state index contributed by atoms with van der Waals surface area (Å²) in [5, 5.41) is 2.68. The first-order chi connectivity index (χ1) is 15.0. The van der Waals surface area contributed by atoms with Gasteiger partial charge in [0, 0.05) is 24.1 Å². The summed E-state index contributed by atoms with van der Waals surface area (Å²) in [4.78, 5) is 41.8. The second kappa shape index (κ2) is 8.66. The number of carbonyl (C=O) groups excluding carboxylic acids is 2. The molecular formula is C23H19N3O5. The summed E-state index contributed by atoms with van der Waals surface area (Å²) in [6.07, 6.45) is -0.966. The van der Waals surface area contributed by atoms with Crippen LogP contribution >= 0.6 is 0 Å². The summed E-state index contributed by atoms with van der Waals surface area (Å²) < 4.78 is 11.3. The number of nitrogens with one attached hydrogen (secondary N) is 1. The molecule has 0 fully saturated rings. The lowest BCUT2D eigenvalue weighted by atomic mass is 10.1. The number of esters is 2. The van der Waals surface area contributed by atoms with Crippen molar-refractivity contribution in [1.82, 2.24) is 14.6 Å². The minimum Gasteiger partial charge on any atom is -0.466 e. The first kappa shape index (κ1) is 20.1. The molecule has 2 aromatic heterocycles. The molecule has 0 radical (unpaired) electrons. The maximum Gasteiger partial charge on any atom is 0.357 e. The van der Waals surface area contributed by atoms with E-state index in [1.165, 1.54) is 19.2 Å². The predicted molar refractivity (Wildman–Crippen MR) is 113 cm³/mol. The molecule has 4 aromatic rings. The Labute approximate surface area is 177 Å². The van der Waals surface area contributed by atoms with E-state index in [0.717, 1.165) is 15.6 Å². The third kappa shape index (κ3) is 4.37. The molecule has 0 saturated carbocycles. The zero-order valence-electron chi connectivity index (χ0n) is 16.6. The fourth-order valence-electron chi connectivity index (χ4n) is 3.18. The van der Waals surface area contributed by atoms with Gasteiger partial charge in [-0.1, -0.05) is 60.7 Å². The van der Waals surface area contributed by atoms with Gasteiger partial charge >= 0.3 is 11.9 Å². The minimum atomic E-state index is -1.13. The van der Waals surface area contributed by atoms with Gasteiger partial charge in [0.2, 0.25) is 6.10 Å². The Kier molecular flexibility index (Phi) is 5.61. The Balaban J connectivity index is 1.61. The number of nitrogens with zero attached hydrogens (tertiary/aromatic N) is 2. The molecule has 0 spiro atoms. The fourth-order valence-corrected chi connectivity index (χ4v) is 3.18. The van der Waals surface area contributed by atoms with Gasteiger partial charge in [-0.3, -0.25) is 9.89 Å². The van der Waals surface area contributed by atoms with Crippen LogP contribution in [0.1, 0.15) is 16.1 Å². The molecular weight excluding hydrogens is 398 g/mol. The number of aromatic nitrogens is 3. The van der Waals surface area contributed by atoms with Crippen molar-refractivity contribution >= 4 is 17.6 Å². The molecule has 1 atom stereocenters. The average Bonchev–Trinajstić information content (AvgIpc) is 3.24. The van der Waals surface area contributed by atoms with Gasteiger partial charge in [-0.25, -0.2) is 19.1 Å². The quantitative estimate of drug-likeness (QED) is 0.484. The maximum atomic E-state index is 12.7. The average molecular weight is 417 g/mol. The lowest BCUT2D eigenvalue weighted by molar-refractivity contribution is -0.150. The molecule has 8 nitrogen and oxygen atoms in total. The van der Waals surface area contributed by atoms with Gasteiger partial charge in [0.1, 0.15) is 5.69 Å². The number of carbonyl (C=O) groups is 2. The van der Waals surface area contributed by atoms with E-state index < -0.39 is 18.0 Å². The van der Waals surface area contributed by atoms with E-state index in [4.69, 9.17) is 9.47 Å². The van der Waals surface area contributed by atoms with Crippen molar-refractivity contribution in [2.45, 2.75) is 12.5 Å². The molecule has 31 heavy (non-hydrogen) atoms. The molecule has 0 aliphatic heterocycles. The second-order valence-corrected chi connectivity index (χ2v) is 6.82. The molecule has 0 aliphatic rings. The SMILES string of the molecule is COC(=O)C(Cc1ccccc1)OC(=O)c1cc2nc(-c3ccccc3)cc(=O)n2[nH]1. The van der Waals surface area contributed by atoms with Gasteiger partial charge in [0.25, 0.3) is 5.56 Å². The van der Waals surface area contributed by atoms with Gasteiger partial charge in [-0.2, -0.15) is 0 Å². The fraction of sp³-hybridized carbons (Fsp3) is 0.130. The molecule has 1 N–H and O–H groups in total. The van der Waals surface area contributed by atoms with Crippen molar-refractivity contribution in [3.63, 3.8) is 0 Å². The van der Waals surface area contributed by atoms with Gasteiger partial charge in [0.15, 0.2) is 5.65 Å². The monoisotopic (exact) mass is 417 g/mol. The van der Waals surface area contributed by atoms with Crippen LogP contribution in [0.25, 0.3) is 16.9 Å². The van der Waals surface area contributed by atoms with E-state index in [1.807, 2.05) is 60.7 Å². The van der Waals surface area contributed by atoms with Crippen LogP contribution in [-0.4, -0.2) is 39.8 Å². The van der Waals surface area contributed by atoms with Gasteiger partial charge < -0.3 is 9.47 Å². The largest absolute Gasteiger partial charge is 0.466 e. The Morgan fingerprint density at radius 1 is 1.03 bits per heavy atom. The highest BCUT2D eigenvalue weighted by Crippen LogP contribution is 2.16. The summed E-state index contributed by atoms with van der Waals surface area (Å²) in [6, 6.07) is 21.2. The van der Waals surface area contributed by atoms with Gasteiger partial charge in [-0.05, 0) is 5.56 Å². The number of benzene rings is 2. The Morgan fingerprint density at radius 2 is 1.71 bits per heavy atom. The molecule has 0 saturated heterocycles. The lowest BCUT2D eigenvalue weighted by Gasteiger charge is -2.15. The molecule has 0 aliphatic carbocycles. The van der Waals surface area contributed by atoms with E-state index in [-0.39, 0.29) is 23.3 Å². The van der Waals surface area contributed by atoms with Gasteiger partial charge in [-0.15, -0.1) is 0 Å². The molecule has 8 heteroatoms. The van der Waals surface area contributed by atoms with E-state index >= 15 is 0 Å². The van der Waals surface area contributed by atoms with Crippen molar-refractivity contribution in [3.05, 3.63) is 94.4 Å². The molecule has 0 amide bonds. The Bertz CT molecular complexity index is 1280. The van der Waals surface area contributed by atoms with Crippen LogP contribution in [0.5, 0.6) is 0 Å². The molecule has 4 rings (SSSR count). The third-order valence-electron chi connectivity index (χ3n) is 4.72. The topological polar surface area (TPSA) is 103 Å². The van der Waals surface area contributed by atoms with Crippen molar-refractivity contribution in [2.24, 2.45) is 0 Å². The van der Waals surface area contributed by atoms with E-state index in [2.05, 4.69) is 10.1 Å². The maximum absolute atomic E-state index is 12.7. The van der Waals surface area contributed by atoms with Crippen LogP contribution in [0.2, 0.25) is 0 Å². The number of fused-ring (bicyclic) bond motifs is 1. The van der Waals surface area contributed by atoms with E-state index in [9.17, 15) is 14.4 Å². The zero-order chi connectivity index (χ0) is 21.8. The molecule has 2 aromatic carbocycles. The normalized spacial score (nSPS) is 11.8. The summed E-state index contributed by atoms with van der Waals surface area (Å²) in [5.74, 6) is -1.47. The number of ether oxygens (including phenoxy) is 2. The first-order valence-corrected chi connectivity index (χ1v) is 9.56. The van der Waals surface area contributed by atoms with Crippen molar-refractivity contribution in [2.75, 3.05) is 7.11 Å². The van der Waals surface area contributed by atoms with Crippen molar-refractivity contribution in [1.29, 1.82) is 0 Å². The predicted octanol–water partition coefficient (Wildman–Crippen LogP) is 2.63. The summed E-state index contributed by atoms with van der Waals surface area (Å²) in [7, 11) is 1.23. The van der Waals surface area contributed by atoms with Crippen LogP contribution in [-0.2, 0) is 20.7 Å². The lowest BCUT2D eigenvalue weighted by Crippen LogP contribution is -2.30. The van der Waals surface area contributed by atoms with E-state index in [0.29, 0.717) is 5.69 Å². The van der Waals surface area contributed by atoms with Crippen LogP contribution in [0.3, 0.4) is 0 Å². The highest BCUT2D eigenvalue weighted by molar-refractivity contribution is 5.90. The summed E-state index contributed by atoms with van der Waals surface area (Å²) in [5.41, 5.74) is 1.96. The molecule has 156 valence electrons. The van der Waals surface area contributed by atoms with Crippen molar-refractivity contribution < 1.29 is 19.1 Å². The Hall–Kier alpha value is -4.20. The summed E-state index contributed by atoms with van der Waals surface area (Å²) >= 11 is 0. The first-order valence-electron chi connectivity index (χ1n) is 9.56. The van der Waals surface area contributed by atoms with E-state index in [1.54, 1.807) is 0 Å².